The molecule has 10 heteroatoms. The molecule has 0 radical (unpaired) electrons. The number of halogens is 4. The Morgan fingerprint density at radius 2 is 1.72 bits per heavy atom. The minimum atomic E-state index is -4.63. The third kappa shape index (κ3) is 6.36. The first-order valence-electron chi connectivity index (χ1n) is 10.1. The van der Waals surface area contributed by atoms with Crippen molar-refractivity contribution < 1.29 is 35.5 Å². The average molecular weight is 473 g/mol. The molecular formula is C22H23F4NO4S. The van der Waals surface area contributed by atoms with Crippen LogP contribution in [0.5, 0.6) is 0 Å². The van der Waals surface area contributed by atoms with E-state index in [1.165, 1.54) is 12.1 Å². The summed E-state index contributed by atoms with van der Waals surface area (Å²) in [6.45, 7) is 0.0757. The lowest BCUT2D eigenvalue weighted by Gasteiger charge is -2.31. The Labute approximate surface area is 184 Å². The Morgan fingerprint density at radius 1 is 1.06 bits per heavy atom. The number of ether oxygens (including phenoxy) is 1. The fraction of sp³-hybridized carbons (Fsp3) is 0.409. The molecule has 0 bridgehead atoms. The van der Waals surface area contributed by atoms with Gasteiger partial charge < -0.3 is 4.74 Å². The van der Waals surface area contributed by atoms with Gasteiger partial charge in [0.1, 0.15) is 12.4 Å². The Morgan fingerprint density at radius 3 is 2.34 bits per heavy atom. The van der Waals surface area contributed by atoms with Crippen LogP contribution in [0.25, 0.3) is 0 Å². The maximum atomic E-state index is 12.9. The highest BCUT2D eigenvalue weighted by molar-refractivity contribution is 7.89. The van der Waals surface area contributed by atoms with Gasteiger partial charge in [0, 0.05) is 19.5 Å². The first-order chi connectivity index (χ1) is 15.1. The van der Waals surface area contributed by atoms with Crippen molar-refractivity contribution in [2.45, 2.75) is 42.9 Å². The molecule has 0 aliphatic carbocycles. The molecule has 0 unspecified atom stereocenters. The number of ketones is 1. The summed E-state index contributed by atoms with van der Waals surface area (Å²) in [5, 5.41) is 0. The smallest absolute Gasteiger partial charge is 0.370 e. The second kappa shape index (κ2) is 10.1. The number of hydrogen-bond donors (Lipinski definition) is 0. The maximum Gasteiger partial charge on any atom is 0.416 e. The summed E-state index contributed by atoms with van der Waals surface area (Å²) in [6.07, 6.45) is -3.55. The highest BCUT2D eigenvalue weighted by atomic mass is 32.2. The summed E-state index contributed by atoms with van der Waals surface area (Å²) < 4.78 is 83.8. The van der Waals surface area contributed by atoms with Gasteiger partial charge in [-0.2, -0.15) is 17.5 Å². The zero-order valence-corrected chi connectivity index (χ0v) is 18.0. The molecule has 1 heterocycles. The lowest BCUT2D eigenvalue weighted by atomic mass is 10.1. The van der Waals surface area contributed by atoms with Crippen LogP contribution in [0.2, 0.25) is 0 Å². The molecule has 0 atom stereocenters. The van der Waals surface area contributed by atoms with Gasteiger partial charge in [0.15, 0.2) is 5.78 Å². The molecular weight excluding hydrogens is 450 g/mol. The number of alkyl halides is 3. The van der Waals surface area contributed by atoms with Crippen LogP contribution in [0.1, 0.15) is 30.4 Å². The van der Waals surface area contributed by atoms with Crippen LogP contribution in [-0.4, -0.2) is 44.3 Å². The molecule has 0 saturated carbocycles. The van der Waals surface area contributed by atoms with Gasteiger partial charge in [-0.05, 0) is 55.2 Å². The van der Waals surface area contributed by atoms with Crippen molar-refractivity contribution >= 4 is 15.8 Å². The third-order valence-corrected chi connectivity index (χ3v) is 7.18. The average Bonchev–Trinajstić information content (AvgIpc) is 2.77. The molecule has 0 spiro atoms. The normalized spacial score (nSPS) is 16.2. The van der Waals surface area contributed by atoms with E-state index in [-0.39, 0.29) is 43.8 Å². The van der Waals surface area contributed by atoms with Crippen LogP contribution in [0, 0.1) is 5.82 Å². The zero-order valence-electron chi connectivity index (χ0n) is 17.1. The fourth-order valence-electron chi connectivity index (χ4n) is 3.44. The van der Waals surface area contributed by atoms with Gasteiger partial charge in [0.25, 0.3) is 0 Å². The van der Waals surface area contributed by atoms with Crippen molar-refractivity contribution in [3.05, 3.63) is 65.5 Å². The predicted molar refractivity (Wildman–Crippen MR) is 109 cm³/mol. The number of aryl methyl sites for hydroxylation is 1. The lowest BCUT2D eigenvalue weighted by Crippen LogP contribution is -2.41. The highest BCUT2D eigenvalue weighted by Crippen LogP contribution is 2.31. The molecule has 0 N–H and O–H groups in total. The number of Topliss-reactive ketones (excluding diaryl/α,β-unsaturated/α-hetero) is 1. The Hall–Kier alpha value is -2.30. The van der Waals surface area contributed by atoms with Crippen LogP contribution in [0.3, 0.4) is 0 Å². The number of carbonyl (C=O) groups is 1. The summed E-state index contributed by atoms with van der Waals surface area (Å²) in [5.41, 5.74) is -0.177. The topological polar surface area (TPSA) is 63.7 Å². The second-order valence-electron chi connectivity index (χ2n) is 7.61. The quantitative estimate of drug-likeness (QED) is 0.539. The van der Waals surface area contributed by atoms with E-state index < -0.39 is 26.7 Å². The molecule has 32 heavy (non-hydrogen) atoms. The minimum Gasteiger partial charge on any atom is -0.370 e. The van der Waals surface area contributed by atoms with Crippen LogP contribution in [-0.2, 0) is 32.2 Å². The van der Waals surface area contributed by atoms with E-state index in [0.29, 0.717) is 25.3 Å². The number of carbonyl (C=O) groups excluding carboxylic acids is 1. The molecule has 1 aliphatic heterocycles. The first kappa shape index (κ1) is 24.3. The van der Waals surface area contributed by atoms with Gasteiger partial charge in [-0.15, -0.1) is 0 Å². The molecule has 3 rings (SSSR count). The highest BCUT2D eigenvalue weighted by Gasteiger charge is 2.34. The third-order valence-electron chi connectivity index (χ3n) is 5.29. The van der Waals surface area contributed by atoms with Crippen molar-refractivity contribution in [3.8, 4) is 0 Å². The lowest BCUT2D eigenvalue weighted by molar-refractivity contribution is -0.137. The Balaban J connectivity index is 1.47. The summed E-state index contributed by atoms with van der Waals surface area (Å²) in [5.74, 6) is -0.460. The van der Waals surface area contributed by atoms with E-state index >= 15 is 0 Å². The van der Waals surface area contributed by atoms with Gasteiger partial charge >= 0.3 is 6.18 Å². The molecule has 5 nitrogen and oxygen atoms in total. The SMILES string of the molecule is O=C(CCc1ccc(F)cc1)COC1CCN(S(=O)(=O)c2cccc(C(F)(F)F)c2)CC1. The van der Waals surface area contributed by atoms with Gasteiger partial charge in [0.2, 0.25) is 10.0 Å². The molecule has 174 valence electrons. The van der Waals surface area contributed by atoms with Crippen LogP contribution >= 0.6 is 0 Å². The maximum absolute atomic E-state index is 12.9. The van der Waals surface area contributed by atoms with Crippen molar-refractivity contribution in [2.75, 3.05) is 19.7 Å². The van der Waals surface area contributed by atoms with Crippen molar-refractivity contribution in [1.29, 1.82) is 0 Å². The monoisotopic (exact) mass is 473 g/mol. The van der Waals surface area contributed by atoms with E-state index in [9.17, 15) is 30.8 Å². The van der Waals surface area contributed by atoms with E-state index in [1.807, 2.05) is 0 Å². The predicted octanol–water partition coefficient (Wildman–Crippen LogP) is 4.22. The van der Waals surface area contributed by atoms with E-state index in [1.54, 1.807) is 12.1 Å². The number of benzene rings is 2. The number of piperidine rings is 1. The molecule has 1 fully saturated rings. The second-order valence-corrected chi connectivity index (χ2v) is 9.54. The summed E-state index contributed by atoms with van der Waals surface area (Å²) in [4.78, 5) is 11.6. The van der Waals surface area contributed by atoms with E-state index in [4.69, 9.17) is 4.74 Å². The molecule has 2 aromatic rings. The number of nitrogens with zero attached hydrogens (tertiary/aromatic N) is 1. The molecule has 0 aromatic heterocycles. The van der Waals surface area contributed by atoms with Crippen molar-refractivity contribution in [1.82, 2.24) is 4.31 Å². The zero-order chi connectivity index (χ0) is 23.4. The Kier molecular flexibility index (Phi) is 7.68. The first-order valence-corrected chi connectivity index (χ1v) is 11.5. The Bertz CT molecular complexity index is 1030. The van der Waals surface area contributed by atoms with Gasteiger partial charge in [-0.3, -0.25) is 4.79 Å². The molecule has 2 aromatic carbocycles. The largest absolute Gasteiger partial charge is 0.416 e. The molecule has 1 aliphatic rings. The summed E-state index contributed by atoms with van der Waals surface area (Å²) in [6, 6.07) is 9.57. The minimum absolute atomic E-state index is 0.0903. The summed E-state index contributed by atoms with van der Waals surface area (Å²) >= 11 is 0. The van der Waals surface area contributed by atoms with Gasteiger partial charge in [-0.25, -0.2) is 12.8 Å². The van der Waals surface area contributed by atoms with E-state index in [2.05, 4.69) is 0 Å². The standard InChI is InChI=1S/C22H23F4NO4S/c23-18-7-4-16(5-8-18)6-9-19(28)15-31-20-10-12-27(13-11-20)32(29,30)21-3-1-2-17(14-21)22(24,25)26/h1-5,7-8,14,20H,6,9-13,15H2. The molecule has 0 amide bonds. The van der Waals surface area contributed by atoms with Crippen LogP contribution < -0.4 is 0 Å². The van der Waals surface area contributed by atoms with Crippen molar-refractivity contribution in [2.24, 2.45) is 0 Å². The summed E-state index contributed by atoms with van der Waals surface area (Å²) in [7, 11) is -4.06. The van der Waals surface area contributed by atoms with Crippen LogP contribution in [0.4, 0.5) is 17.6 Å². The number of sulfonamides is 1. The van der Waals surface area contributed by atoms with E-state index in [0.717, 1.165) is 28.1 Å². The van der Waals surface area contributed by atoms with Crippen molar-refractivity contribution in [3.63, 3.8) is 0 Å². The number of hydrogen-bond acceptors (Lipinski definition) is 4. The van der Waals surface area contributed by atoms with Gasteiger partial charge in [0.05, 0.1) is 16.6 Å². The van der Waals surface area contributed by atoms with Gasteiger partial charge in [-0.1, -0.05) is 18.2 Å². The fourth-order valence-corrected chi connectivity index (χ4v) is 4.95. The van der Waals surface area contributed by atoms with Crippen LogP contribution in [0.15, 0.2) is 53.4 Å². The molecule has 1 saturated heterocycles. The number of rotatable bonds is 8.